The van der Waals surface area contributed by atoms with Gasteiger partial charge in [0.1, 0.15) is 0 Å². The van der Waals surface area contributed by atoms with E-state index in [1.165, 1.54) is 6.42 Å². The van der Waals surface area contributed by atoms with E-state index < -0.39 is 0 Å². The molecule has 1 fully saturated rings. The third kappa shape index (κ3) is 3.79. The van der Waals surface area contributed by atoms with E-state index in [2.05, 4.69) is 41.5 Å². The van der Waals surface area contributed by atoms with E-state index in [1.807, 2.05) is 0 Å². The van der Waals surface area contributed by atoms with Crippen molar-refractivity contribution in [1.82, 2.24) is 0 Å². The standard InChI is InChI=1S/C14H28O/c1-13(2,3)9-10-7-11(8-12(10)15)14(4,5)6/h10-12,15H,7-9H2,1-6H3. The fourth-order valence-corrected chi connectivity index (χ4v) is 2.82. The van der Waals surface area contributed by atoms with Crippen LogP contribution in [-0.2, 0) is 0 Å². The topological polar surface area (TPSA) is 20.2 Å². The van der Waals surface area contributed by atoms with Crippen LogP contribution in [0.1, 0.15) is 60.8 Å². The molecule has 1 saturated carbocycles. The van der Waals surface area contributed by atoms with Crippen molar-refractivity contribution >= 4 is 0 Å². The summed E-state index contributed by atoms with van der Waals surface area (Å²) in [5.74, 6) is 1.22. The van der Waals surface area contributed by atoms with E-state index in [9.17, 15) is 5.11 Å². The van der Waals surface area contributed by atoms with E-state index in [-0.39, 0.29) is 6.10 Å². The average molecular weight is 212 g/mol. The molecule has 0 saturated heterocycles. The van der Waals surface area contributed by atoms with Crippen LogP contribution in [-0.4, -0.2) is 11.2 Å². The van der Waals surface area contributed by atoms with E-state index in [0.717, 1.165) is 12.8 Å². The molecule has 0 heterocycles. The highest BCUT2D eigenvalue weighted by Gasteiger charge is 2.39. The molecular formula is C14H28O. The van der Waals surface area contributed by atoms with Crippen molar-refractivity contribution in [3.05, 3.63) is 0 Å². The Morgan fingerprint density at radius 1 is 1.00 bits per heavy atom. The fraction of sp³-hybridized carbons (Fsp3) is 1.00. The van der Waals surface area contributed by atoms with Crippen molar-refractivity contribution in [3.63, 3.8) is 0 Å². The minimum atomic E-state index is -0.0616. The monoisotopic (exact) mass is 212 g/mol. The van der Waals surface area contributed by atoms with Gasteiger partial charge in [-0.05, 0) is 41.9 Å². The quantitative estimate of drug-likeness (QED) is 0.700. The summed E-state index contributed by atoms with van der Waals surface area (Å²) >= 11 is 0. The largest absolute Gasteiger partial charge is 0.393 e. The van der Waals surface area contributed by atoms with Crippen LogP contribution in [0.25, 0.3) is 0 Å². The first-order valence-electron chi connectivity index (χ1n) is 6.28. The maximum absolute atomic E-state index is 10.1. The Morgan fingerprint density at radius 3 is 1.87 bits per heavy atom. The summed E-state index contributed by atoms with van der Waals surface area (Å²) in [6.07, 6.45) is 3.31. The van der Waals surface area contributed by atoms with Crippen LogP contribution < -0.4 is 0 Å². The van der Waals surface area contributed by atoms with Gasteiger partial charge in [0.05, 0.1) is 6.10 Å². The zero-order valence-corrected chi connectivity index (χ0v) is 11.3. The molecule has 0 aromatic rings. The number of aliphatic hydroxyl groups excluding tert-OH is 1. The molecule has 15 heavy (non-hydrogen) atoms. The van der Waals surface area contributed by atoms with Crippen LogP contribution in [0.4, 0.5) is 0 Å². The Labute approximate surface area is 95.3 Å². The molecule has 1 aliphatic rings. The predicted octanol–water partition coefficient (Wildman–Crippen LogP) is 3.86. The van der Waals surface area contributed by atoms with Gasteiger partial charge >= 0.3 is 0 Å². The van der Waals surface area contributed by atoms with Crippen molar-refractivity contribution in [2.45, 2.75) is 66.9 Å². The fourth-order valence-electron chi connectivity index (χ4n) is 2.82. The molecular weight excluding hydrogens is 184 g/mol. The normalized spacial score (nSPS) is 33.4. The summed E-state index contributed by atoms with van der Waals surface area (Å²) in [6.45, 7) is 13.7. The van der Waals surface area contributed by atoms with Crippen LogP contribution in [0.3, 0.4) is 0 Å². The van der Waals surface area contributed by atoms with Crippen molar-refractivity contribution in [2.75, 3.05) is 0 Å². The van der Waals surface area contributed by atoms with Crippen LogP contribution in [0.5, 0.6) is 0 Å². The minimum absolute atomic E-state index is 0.0616. The lowest BCUT2D eigenvalue weighted by atomic mass is 9.78. The van der Waals surface area contributed by atoms with Crippen LogP contribution in [0.2, 0.25) is 0 Å². The molecule has 90 valence electrons. The Hall–Kier alpha value is -0.0400. The highest BCUT2D eigenvalue weighted by molar-refractivity contribution is 4.90. The number of hydrogen-bond donors (Lipinski definition) is 1. The van der Waals surface area contributed by atoms with Crippen LogP contribution in [0, 0.1) is 22.7 Å². The smallest absolute Gasteiger partial charge is 0.0571 e. The van der Waals surface area contributed by atoms with Crippen molar-refractivity contribution in [3.8, 4) is 0 Å². The Morgan fingerprint density at radius 2 is 1.53 bits per heavy atom. The van der Waals surface area contributed by atoms with Gasteiger partial charge in [-0.15, -0.1) is 0 Å². The van der Waals surface area contributed by atoms with Gasteiger partial charge in [-0.2, -0.15) is 0 Å². The van der Waals surface area contributed by atoms with Crippen molar-refractivity contribution < 1.29 is 5.11 Å². The maximum atomic E-state index is 10.1. The summed E-state index contributed by atoms with van der Waals surface area (Å²) < 4.78 is 0. The van der Waals surface area contributed by atoms with Gasteiger partial charge in [-0.1, -0.05) is 41.5 Å². The lowest BCUT2D eigenvalue weighted by Gasteiger charge is -2.28. The molecule has 0 spiro atoms. The van der Waals surface area contributed by atoms with E-state index >= 15 is 0 Å². The molecule has 0 aliphatic heterocycles. The molecule has 3 unspecified atom stereocenters. The van der Waals surface area contributed by atoms with E-state index in [0.29, 0.717) is 22.7 Å². The zero-order valence-electron chi connectivity index (χ0n) is 11.3. The van der Waals surface area contributed by atoms with Crippen molar-refractivity contribution in [1.29, 1.82) is 0 Å². The molecule has 1 N–H and O–H groups in total. The van der Waals surface area contributed by atoms with Gasteiger partial charge in [0.25, 0.3) is 0 Å². The van der Waals surface area contributed by atoms with Gasteiger partial charge in [-0.3, -0.25) is 0 Å². The summed E-state index contributed by atoms with van der Waals surface area (Å²) in [6, 6.07) is 0. The minimum Gasteiger partial charge on any atom is -0.393 e. The second-order valence-electron chi connectivity index (χ2n) is 7.63. The number of hydrogen-bond acceptors (Lipinski definition) is 1. The third-order valence-electron chi connectivity index (χ3n) is 3.76. The molecule has 1 aliphatic carbocycles. The van der Waals surface area contributed by atoms with Gasteiger partial charge in [0.15, 0.2) is 0 Å². The molecule has 0 bridgehead atoms. The molecule has 1 rings (SSSR count). The maximum Gasteiger partial charge on any atom is 0.0571 e. The molecule has 3 atom stereocenters. The van der Waals surface area contributed by atoms with E-state index in [4.69, 9.17) is 0 Å². The molecule has 1 heteroatoms. The van der Waals surface area contributed by atoms with E-state index in [1.54, 1.807) is 0 Å². The second kappa shape index (κ2) is 4.08. The molecule has 1 nitrogen and oxygen atoms in total. The summed E-state index contributed by atoms with van der Waals surface area (Å²) in [5.41, 5.74) is 0.700. The molecule has 0 aromatic carbocycles. The first-order chi connectivity index (χ1) is 6.59. The Balaban J connectivity index is 2.57. The summed E-state index contributed by atoms with van der Waals surface area (Å²) in [4.78, 5) is 0. The van der Waals surface area contributed by atoms with Crippen LogP contribution >= 0.6 is 0 Å². The SMILES string of the molecule is CC(C)(C)CC1CC(C(C)(C)C)CC1O. The average Bonchev–Trinajstić information content (AvgIpc) is 2.27. The second-order valence-corrected chi connectivity index (χ2v) is 7.63. The molecule has 0 radical (unpaired) electrons. The lowest BCUT2D eigenvalue weighted by molar-refractivity contribution is 0.104. The predicted molar refractivity (Wildman–Crippen MR) is 65.7 cm³/mol. The highest BCUT2D eigenvalue weighted by atomic mass is 16.3. The first kappa shape index (κ1) is 13.0. The molecule has 0 amide bonds. The third-order valence-corrected chi connectivity index (χ3v) is 3.76. The van der Waals surface area contributed by atoms with Crippen molar-refractivity contribution in [2.24, 2.45) is 22.7 Å². The Kier molecular flexibility index (Phi) is 3.55. The van der Waals surface area contributed by atoms with Gasteiger partial charge < -0.3 is 5.11 Å². The van der Waals surface area contributed by atoms with Gasteiger partial charge in [0.2, 0.25) is 0 Å². The summed E-state index contributed by atoms with van der Waals surface area (Å²) in [5, 5.41) is 10.1. The molecule has 0 aromatic heterocycles. The Bertz CT molecular complexity index is 206. The van der Waals surface area contributed by atoms with Gasteiger partial charge in [0, 0.05) is 0 Å². The van der Waals surface area contributed by atoms with Gasteiger partial charge in [-0.25, -0.2) is 0 Å². The number of aliphatic hydroxyl groups is 1. The number of rotatable bonds is 1. The zero-order chi connectivity index (χ0) is 11.9. The first-order valence-corrected chi connectivity index (χ1v) is 6.28. The lowest BCUT2D eigenvalue weighted by Crippen LogP contribution is -2.19. The highest BCUT2D eigenvalue weighted by Crippen LogP contribution is 2.45. The van der Waals surface area contributed by atoms with Crippen LogP contribution in [0.15, 0.2) is 0 Å². The summed E-state index contributed by atoms with van der Waals surface area (Å²) in [7, 11) is 0.